The lowest BCUT2D eigenvalue weighted by molar-refractivity contribution is -0.131. The Balaban J connectivity index is 1.79. The Morgan fingerprint density at radius 3 is 2.42 bits per heavy atom. The highest BCUT2D eigenvalue weighted by Gasteiger charge is 2.23. The Kier molecular flexibility index (Phi) is 7.93. The lowest BCUT2D eigenvalue weighted by atomic mass is 10.1. The molecule has 2 amide bonds. The predicted octanol–water partition coefficient (Wildman–Crippen LogP) is 2.95. The van der Waals surface area contributed by atoms with Crippen LogP contribution in [0.3, 0.4) is 0 Å². The summed E-state index contributed by atoms with van der Waals surface area (Å²) in [4.78, 5) is 24.9. The van der Waals surface area contributed by atoms with Gasteiger partial charge in [-0.1, -0.05) is 6.07 Å². The maximum atomic E-state index is 12.8. The summed E-state index contributed by atoms with van der Waals surface area (Å²) in [5.74, 6) is -0.106. The minimum atomic E-state index is -4.16. The molecule has 9 nitrogen and oxygen atoms in total. The van der Waals surface area contributed by atoms with Crippen LogP contribution in [0.4, 0.5) is 5.69 Å². The molecule has 0 aliphatic carbocycles. The number of hydrogen-bond donors (Lipinski definition) is 1. The minimum Gasteiger partial charge on any atom is -0.493 e. The highest BCUT2D eigenvalue weighted by atomic mass is 32.2. The number of ether oxygens (including phenoxy) is 2. The van der Waals surface area contributed by atoms with Gasteiger partial charge in [0.25, 0.3) is 0 Å². The summed E-state index contributed by atoms with van der Waals surface area (Å²) < 4.78 is 41.9. The number of rotatable bonds is 9. The average Bonchev–Trinajstić information content (AvgIpc) is 3.26. The summed E-state index contributed by atoms with van der Waals surface area (Å²) in [6, 6.07) is 10.5. The third-order valence-corrected chi connectivity index (χ3v) is 6.41. The van der Waals surface area contributed by atoms with Crippen molar-refractivity contribution in [3.63, 3.8) is 0 Å². The van der Waals surface area contributed by atoms with Gasteiger partial charge in [0, 0.05) is 39.2 Å². The number of benzene rings is 2. The molecule has 1 aliphatic rings. The van der Waals surface area contributed by atoms with E-state index in [1.807, 2.05) is 0 Å². The molecule has 1 aliphatic heterocycles. The summed E-state index contributed by atoms with van der Waals surface area (Å²) in [5, 5.41) is 2.58. The number of amides is 2. The first-order chi connectivity index (χ1) is 15.7. The Bertz CT molecular complexity index is 1090. The Morgan fingerprint density at radius 2 is 1.85 bits per heavy atom. The van der Waals surface area contributed by atoms with Gasteiger partial charge in [0.15, 0.2) is 11.5 Å². The number of nitrogens with zero attached hydrogens (tertiary/aromatic N) is 1. The van der Waals surface area contributed by atoms with Crippen LogP contribution in [0.2, 0.25) is 0 Å². The summed E-state index contributed by atoms with van der Waals surface area (Å²) in [6.45, 7) is 4.30. The van der Waals surface area contributed by atoms with Gasteiger partial charge in [-0.05, 0) is 54.8 Å². The van der Waals surface area contributed by atoms with Crippen LogP contribution >= 0.6 is 0 Å². The van der Waals surface area contributed by atoms with E-state index in [-0.39, 0.29) is 40.9 Å². The van der Waals surface area contributed by atoms with Crippen molar-refractivity contribution >= 4 is 27.6 Å². The van der Waals surface area contributed by atoms with Crippen molar-refractivity contribution in [1.82, 2.24) is 4.90 Å². The Labute approximate surface area is 193 Å². The molecule has 2 aromatic carbocycles. The fraction of sp³-hybridized carbons (Fsp3) is 0.391. The van der Waals surface area contributed by atoms with Gasteiger partial charge >= 0.3 is 10.1 Å². The quantitative estimate of drug-likeness (QED) is 0.554. The van der Waals surface area contributed by atoms with E-state index in [4.69, 9.17) is 13.7 Å². The van der Waals surface area contributed by atoms with Crippen LogP contribution in [0.5, 0.6) is 11.5 Å². The fourth-order valence-electron chi connectivity index (χ4n) is 3.52. The molecule has 10 heteroatoms. The van der Waals surface area contributed by atoms with Crippen molar-refractivity contribution in [2.24, 2.45) is 0 Å². The molecule has 0 radical (unpaired) electrons. The standard InChI is InChI=1S/C23H28N2O7S/c1-16(26)24-19-7-9-21(10-8-19)33(28,29)32-23-13-18(6-11-22(23)30-3)14-25(17(2)27)15-20-5-4-12-31-20/h6-11,13,20H,4-5,12,14-15H2,1-3H3,(H,24,26)/t20-/m1/s1. The molecule has 2 aromatic rings. The van der Waals surface area contributed by atoms with E-state index in [1.54, 1.807) is 23.1 Å². The third kappa shape index (κ3) is 6.69. The highest BCUT2D eigenvalue weighted by Crippen LogP contribution is 2.31. The first-order valence-corrected chi connectivity index (χ1v) is 11.9. The summed E-state index contributed by atoms with van der Waals surface area (Å²) in [5.41, 5.74) is 1.16. The molecule has 1 fully saturated rings. The Morgan fingerprint density at radius 1 is 1.12 bits per heavy atom. The second-order valence-corrected chi connectivity index (χ2v) is 9.31. The van der Waals surface area contributed by atoms with E-state index < -0.39 is 10.1 Å². The zero-order chi connectivity index (χ0) is 24.0. The van der Waals surface area contributed by atoms with Gasteiger partial charge in [0.2, 0.25) is 11.8 Å². The van der Waals surface area contributed by atoms with Crippen LogP contribution < -0.4 is 14.2 Å². The number of carbonyl (C=O) groups is 2. The van der Waals surface area contributed by atoms with E-state index >= 15 is 0 Å². The van der Waals surface area contributed by atoms with Crippen molar-refractivity contribution in [2.45, 2.75) is 44.2 Å². The largest absolute Gasteiger partial charge is 0.493 e. The van der Waals surface area contributed by atoms with Crippen molar-refractivity contribution in [2.75, 3.05) is 25.6 Å². The number of carbonyl (C=O) groups excluding carboxylic acids is 2. The molecule has 0 spiro atoms. The fourth-order valence-corrected chi connectivity index (χ4v) is 4.45. The van der Waals surface area contributed by atoms with Crippen molar-refractivity contribution in [3.05, 3.63) is 48.0 Å². The van der Waals surface area contributed by atoms with Gasteiger partial charge in [0.1, 0.15) is 4.90 Å². The van der Waals surface area contributed by atoms with Crippen molar-refractivity contribution in [3.8, 4) is 11.5 Å². The molecule has 1 heterocycles. The van der Waals surface area contributed by atoms with Gasteiger partial charge in [-0.15, -0.1) is 0 Å². The number of methoxy groups -OCH3 is 1. The van der Waals surface area contributed by atoms with Crippen LogP contribution in [-0.4, -0.2) is 51.5 Å². The summed E-state index contributed by atoms with van der Waals surface area (Å²) >= 11 is 0. The van der Waals surface area contributed by atoms with Crippen molar-refractivity contribution < 1.29 is 31.7 Å². The lowest BCUT2D eigenvalue weighted by Gasteiger charge is -2.24. The first-order valence-electron chi connectivity index (χ1n) is 10.5. The minimum absolute atomic E-state index is 0.00344. The zero-order valence-corrected chi connectivity index (χ0v) is 19.7. The molecule has 1 saturated heterocycles. The molecule has 0 bridgehead atoms. The number of anilines is 1. The topological polar surface area (TPSA) is 111 Å². The molecule has 0 unspecified atom stereocenters. The monoisotopic (exact) mass is 476 g/mol. The second kappa shape index (κ2) is 10.7. The van der Waals surface area contributed by atoms with Gasteiger partial charge in [-0.3, -0.25) is 9.59 Å². The van der Waals surface area contributed by atoms with E-state index in [0.717, 1.165) is 12.8 Å². The van der Waals surface area contributed by atoms with Crippen LogP contribution in [0, 0.1) is 0 Å². The lowest BCUT2D eigenvalue weighted by Crippen LogP contribution is -2.35. The highest BCUT2D eigenvalue weighted by molar-refractivity contribution is 7.87. The number of nitrogens with one attached hydrogen (secondary N) is 1. The maximum Gasteiger partial charge on any atom is 0.339 e. The smallest absolute Gasteiger partial charge is 0.339 e. The molecule has 3 rings (SSSR count). The van der Waals surface area contributed by atoms with E-state index in [9.17, 15) is 18.0 Å². The van der Waals surface area contributed by atoms with Gasteiger partial charge in [-0.2, -0.15) is 8.42 Å². The molecule has 0 saturated carbocycles. The second-order valence-electron chi connectivity index (χ2n) is 7.76. The summed E-state index contributed by atoms with van der Waals surface area (Å²) in [7, 11) is -2.75. The van der Waals surface area contributed by atoms with E-state index in [1.165, 1.54) is 45.2 Å². The Hall–Kier alpha value is -3.11. The zero-order valence-electron chi connectivity index (χ0n) is 18.9. The molecule has 0 aromatic heterocycles. The molecular weight excluding hydrogens is 448 g/mol. The summed E-state index contributed by atoms with van der Waals surface area (Å²) in [6.07, 6.45) is 1.88. The molecule has 33 heavy (non-hydrogen) atoms. The van der Waals surface area contributed by atoms with Gasteiger partial charge in [0.05, 0.1) is 13.2 Å². The normalized spacial score (nSPS) is 15.7. The number of hydrogen-bond acceptors (Lipinski definition) is 7. The molecule has 178 valence electrons. The van der Waals surface area contributed by atoms with E-state index in [0.29, 0.717) is 24.4 Å². The van der Waals surface area contributed by atoms with Crippen LogP contribution in [0.25, 0.3) is 0 Å². The maximum absolute atomic E-state index is 12.8. The van der Waals surface area contributed by atoms with Crippen LogP contribution in [-0.2, 0) is 31.0 Å². The van der Waals surface area contributed by atoms with Gasteiger partial charge < -0.3 is 23.9 Å². The SMILES string of the molecule is COc1ccc(CN(C[C@H]2CCCO2)C(C)=O)cc1OS(=O)(=O)c1ccc(NC(C)=O)cc1. The molecular formula is C23H28N2O7S. The third-order valence-electron chi connectivity index (χ3n) is 5.16. The first kappa shape index (κ1) is 24.5. The average molecular weight is 477 g/mol. The van der Waals surface area contributed by atoms with Crippen LogP contribution in [0.1, 0.15) is 32.3 Å². The van der Waals surface area contributed by atoms with E-state index in [2.05, 4.69) is 5.32 Å². The predicted molar refractivity (Wildman–Crippen MR) is 122 cm³/mol. The molecule has 1 atom stereocenters. The van der Waals surface area contributed by atoms with Gasteiger partial charge in [-0.25, -0.2) is 0 Å². The van der Waals surface area contributed by atoms with Crippen LogP contribution in [0.15, 0.2) is 47.4 Å². The van der Waals surface area contributed by atoms with Crippen molar-refractivity contribution in [1.29, 1.82) is 0 Å². The molecule has 1 N–H and O–H groups in total.